The highest BCUT2D eigenvalue weighted by Crippen LogP contribution is 2.29. The van der Waals surface area contributed by atoms with Crippen LogP contribution in [0.25, 0.3) is 0 Å². The SMILES string of the molecule is CCC(CC)(C(=O)NC(C)c1c(C)noc1C)C(N)=S. The highest BCUT2D eigenvalue weighted by molar-refractivity contribution is 7.80. The van der Waals surface area contributed by atoms with Gasteiger partial charge in [0.2, 0.25) is 5.91 Å². The molecule has 5 nitrogen and oxygen atoms in total. The Bertz CT molecular complexity index is 487. The van der Waals surface area contributed by atoms with Crippen LogP contribution in [-0.4, -0.2) is 16.1 Å². The zero-order valence-electron chi connectivity index (χ0n) is 12.7. The number of rotatable bonds is 6. The van der Waals surface area contributed by atoms with Crippen molar-refractivity contribution in [3.63, 3.8) is 0 Å². The normalized spacial score (nSPS) is 13.1. The Hall–Kier alpha value is -1.43. The largest absolute Gasteiger partial charge is 0.392 e. The number of aryl methyl sites for hydroxylation is 2. The Labute approximate surface area is 125 Å². The molecule has 1 amide bonds. The lowest BCUT2D eigenvalue weighted by atomic mass is 9.81. The number of nitrogens with two attached hydrogens (primary N) is 1. The summed E-state index contributed by atoms with van der Waals surface area (Å²) < 4.78 is 5.13. The van der Waals surface area contributed by atoms with Crippen LogP contribution >= 0.6 is 12.2 Å². The Kier molecular flexibility index (Phi) is 5.28. The molecule has 0 saturated carbocycles. The summed E-state index contributed by atoms with van der Waals surface area (Å²) in [7, 11) is 0. The van der Waals surface area contributed by atoms with Crippen LogP contribution in [0.5, 0.6) is 0 Å². The van der Waals surface area contributed by atoms with Gasteiger partial charge in [0, 0.05) is 5.56 Å². The third kappa shape index (κ3) is 2.85. The zero-order valence-corrected chi connectivity index (χ0v) is 13.6. The molecule has 0 fully saturated rings. The van der Waals surface area contributed by atoms with Gasteiger partial charge in [-0.15, -0.1) is 0 Å². The Morgan fingerprint density at radius 1 is 1.45 bits per heavy atom. The van der Waals surface area contributed by atoms with E-state index in [0.717, 1.165) is 11.3 Å². The van der Waals surface area contributed by atoms with Crippen molar-refractivity contribution in [1.29, 1.82) is 0 Å². The first-order valence-corrected chi connectivity index (χ1v) is 7.24. The number of hydrogen-bond donors (Lipinski definition) is 2. The first-order valence-electron chi connectivity index (χ1n) is 6.83. The van der Waals surface area contributed by atoms with Gasteiger partial charge in [0.15, 0.2) is 0 Å². The monoisotopic (exact) mass is 297 g/mol. The molecule has 3 N–H and O–H groups in total. The second-order valence-electron chi connectivity index (χ2n) is 5.09. The third-order valence-corrected chi connectivity index (χ3v) is 4.37. The Balaban J connectivity index is 2.98. The number of carbonyl (C=O) groups excluding carboxylic acids is 1. The summed E-state index contributed by atoms with van der Waals surface area (Å²) in [6.45, 7) is 9.43. The smallest absolute Gasteiger partial charge is 0.233 e. The molecule has 1 unspecified atom stereocenters. The number of carbonyl (C=O) groups is 1. The van der Waals surface area contributed by atoms with Gasteiger partial charge < -0.3 is 15.6 Å². The van der Waals surface area contributed by atoms with Crippen LogP contribution in [0.4, 0.5) is 0 Å². The summed E-state index contributed by atoms with van der Waals surface area (Å²) in [5.74, 6) is 0.576. The van der Waals surface area contributed by atoms with Crippen LogP contribution in [0.1, 0.15) is 56.7 Å². The van der Waals surface area contributed by atoms with Gasteiger partial charge in [-0.1, -0.05) is 31.2 Å². The van der Waals surface area contributed by atoms with Gasteiger partial charge >= 0.3 is 0 Å². The van der Waals surface area contributed by atoms with E-state index in [4.69, 9.17) is 22.5 Å². The van der Waals surface area contributed by atoms with Crippen LogP contribution in [0.2, 0.25) is 0 Å². The maximum atomic E-state index is 12.6. The lowest BCUT2D eigenvalue weighted by molar-refractivity contribution is -0.128. The predicted molar refractivity (Wildman–Crippen MR) is 82.3 cm³/mol. The van der Waals surface area contributed by atoms with Gasteiger partial charge in [-0.2, -0.15) is 0 Å². The molecule has 1 aromatic rings. The maximum absolute atomic E-state index is 12.6. The molecule has 20 heavy (non-hydrogen) atoms. The van der Waals surface area contributed by atoms with Crippen molar-refractivity contribution in [3.05, 3.63) is 17.0 Å². The third-order valence-electron chi connectivity index (χ3n) is 3.98. The molecule has 0 radical (unpaired) electrons. The second-order valence-corrected chi connectivity index (χ2v) is 5.53. The van der Waals surface area contributed by atoms with Crippen molar-refractivity contribution in [1.82, 2.24) is 10.5 Å². The zero-order chi connectivity index (χ0) is 15.5. The van der Waals surface area contributed by atoms with Crippen LogP contribution in [-0.2, 0) is 4.79 Å². The molecule has 0 aliphatic rings. The van der Waals surface area contributed by atoms with Crippen LogP contribution in [0.15, 0.2) is 4.52 Å². The van der Waals surface area contributed by atoms with Gasteiger partial charge in [0.1, 0.15) is 5.76 Å². The summed E-state index contributed by atoms with van der Waals surface area (Å²) in [5.41, 5.74) is 6.69. The van der Waals surface area contributed by atoms with Crippen molar-refractivity contribution in [2.45, 2.75) is 53.5 Å². The Morgan fingerprint density at radius 2 is 2.00 bits per heavy atom. The second kappa shape index (κ2) is 6.35. The van der Waals surface area contributed by atoms with Crippen molar-refractivity contribution in [2.75, 3.05) is 0 Å². The number of amides is 1. The summed E-state index contributed by atoms with van der Waals surface area (Å²) >= 11 is 5.09. The quantitative estimate of drug-likeness (QED) is 0.789. The van der Waals surface area contributed by atoms with E-state index >= 15 is 0 Å². The topological polar surface area (TPSA) is 81.2 Å². The summed E-state index contributed by atoms with van der Waals surface area (Å²) in [6, 6.07) is -0.194. The van der Waals surface area contributed by atoms with E-state index in [0.29, 0.717) is 18.6 Å². The van der Waals surface area contributed by atoms with E-state index < -0.39 is 5.41 Å². The lowest BCUT2D eigenvalue weighted by Crippen LogP contribution is -2.48. The summed E-state index contributed by atoms with van der Waals surface area (Å²) in [5, 5.41) is 6.89. The van der Waals surface area contributed by atoms with E-state index in [-0.39, 0.29) is 16.9 Å². The van der Waals surface area contributed by atoms with Crippen LogP contribution in [0, 0.1) is 19.3 Å². The highest BCUT2D eigenvalue weighted by Gasteiger charge is 2.39. The van der Waals surface area contributed by atoms with E-state index in [9.17, 15) is 4.79 Å². The molecule has 0 bridgehead atoms. The first-order chi connectivity index (χ1) is 9.30. The average molecular weight is 297 g/mol. The first kappa shape index (κ1) is 16.6. The fraction of sp³-hybridized carbons (Fsp3) is 0.643. The van der Waals surface area contributed by atoms with E-state index in [1.54, 1.807) is 0 Å². The summed E-state index contributed by atoms with van der Waals surface area (Å²) in [4.78, 5) is 12.8. The molecule has 0 saturated heterocycles. The summed E-state index contributed by atoms with van der Waals surface area (Å²) in [6.07, 6.45) is 1.16. The maximum Gasteiger partial charge on any atom is 0.233 e. The van der Waals surface area contributed by atoms with Gasteiger partial charge in [-0.05, 0) is 33.6 Å². The molecule has 1 rings (SSSR count). The highest BCUT2D eigenvalue weighted by atomic mass is 32.1. The minimum absolute atomic E-state index is 0.137. The molecular formula is C14H23N3O2S. The molecule has 0 spiro atoms. The molecule has 6 heteroatoms. The number of aromatic nitrogens is 1. The van der Waals surface area contributed by atoms with Gasteiger partial charge in [0.05, 0.1) is 22.1 Å². The number of nitrogens with one attached hydrogen (secondary N) is 1. The molecule has 0 aromatic carbocycles. The van der Waals surface area contributed by atoms with Gasteiger partial charge in [0.25, 0.3) is 0 Å². The van der Waals surface area contributed by atoms with E-state index in [2.05, 4.69) is 10.5 Å². The minimum atomic E-state index is -0.789. The number of nitrogens with zero attached hydrogens (tertiary/aromatic N) is 1. The molecule has 0 aliphatic carbocycles. The van der Waals surface area contributed by atoms with E-state index in [1.807, 2.05) is 34.6 Å². The molecule has 0 aliphatic heterocycles. The number of hydrogen-bond acceptors (Lipinski definition) is 4. The Morgan fingerprint density at radius 3 is 2.35 bits per heavy atom. The lowest BCUT2D eigenvalue weighted by Gasteiger charge is -2.30. The van der Waals surface area contributed by atoms with Crippen molar-refractivity contribution < 1.29 is 9.32 Å². The fourth-order valence-corrected chi connectivity index (χ4v) is 2.93. The minimum Gasteiger partial charge on any atom is -0.392 e. The molecule has 112 valence electrons. The van der Waals surface area contributed by atoms with Gasteiger partial charge in [-0.25, -0.2) is 0 Å². The molecule has 1 aromatic heterocycles. The molecular weight excluding hydrogens is 274 g/mol. The average Bonchev–Trinajstić information content (AvgIpc) is 2.70. The predicted octanol–water partition coefficient (Wildman–Crippen LogP) is 2.56. The van der Waals surface area contributed by atoms with Crippen LogP contribution in [0.3, 0.4) is 0 Å². The van der Waals surface area contributed by atoms with Crippen molar-refractivity contribution in [3.8, 4) is 0 Å². The van der Waals surface area contributed by atoms with Crippen molar-refractivity contribution >= 4 is 23.1 Å². The van der Waals surface area contributed by atoms with Crippen molar-refractivity contribution in [2.24, 2.45) is 11.1 Å². The fourth-order valence-electron chi connectivity index (χ4n) is 2.55. The standard InChI is InChI=1S/C14H23N3O2S/c1-6-14(7-2,12(15)20)13(18)16-8(3)11-9(4)17-19-10(11)5/h8H,6-7H2,1-5H3,(H2,15,20)(H,16,18). The van der Waals surface area contributed by atoms with Crippen LogP contribution < -0.4 is 11.1 Å². The molecule has 1 atom stereocenters. The van der Waals surface area contributed by atoms with E-state index in [1.165, 1.54) is 0 Å². The number of thiocarbonyl (C=S) groups is 1. The molecule has 1 heterocycles. The van der Waals surface area contributed by atoms with Gasteiger partial charge in [-0.3, -0.25) is 4.79 Å².